The van der Waals surface area contributed by atoms with Crippen molar-refractivity contribution in [2.75, 3.05) is 13.7 Å². The lowest BCUT2D eigenvalue weighted by Crippen LogP contribution is -2.27. The molecule has 3 rings (SSSR count). The molecule has 0 heterocycles. The van der Waals surface area contributed by atoms with E-state index in [-0.39, 0.29) is 0 Å². The second-order valence-electron chi connectivity index (χ2n) is 5.89. The van der Waals surface area contributed by atoms with Crippen molar-refractivity contribution in [3.63, 3.8) is 0 Å². The quantitative estimate of drug-likeness (QED) is 0.878. The van der Waals surface area contributed by atoms with E-state index >= 15 is 0 Å². The van der Waals surface area contributed by atoms with Gasteiger partial charge in [-0.2, -0.15) is 0 Å². The van der Waals surface area contributed by atoms with Crippen LogP contribution in [0.2, 0.25) is 0 Å². The van der Waals surface area contributed by atoms with E-state index in [1.165, 1.54) is 43.4 Å². The predicted molar refractivity (Wildman–Crippen MR) is 73.9 cm³/mol. The van der Waals surface area contributed by atoms with Crippen LogP contribution in [0.3, 0.4) is 0 Å². The Balaban J connectivity index is 1.70. The van der Waals surface area contributed by atoms with Crippen molar-refractivity contribution in [2.24, 2.45) is 11.8 Å². The SMILES string of the molecule is COc1ccc2c(c1)CCCC2NCC1CC1C. The minimum absolute atomic E-state index is 0.562. The molecule has 1 N–H and O–H groups in total. The molecule has 1 saturated carbocycles. The maximum Gasteiger partial charge on any atom is 0.119 e. The molecule has 1 aromatic rings. The Morgan fingerprint density at radius 3 is 2.94 bits per heavy atom. The Morgan fingerprint density at radius 1 is 1.39 bits per heavy atom. The smallest absolute Gasteiger partial charge is 0.119 e. The molecule has 2 nitrogen and oxygen atoms in total. The second kappa shape index (κ2) is 4.93. The Labute approximate surface area is 110 Å². The first kappa shape index (κ1) is 12.0. The van der Waals surface area contributed by atoms with Gasteiger partial charge < -0.3 is 10.1 Å². The fourth-order valence-corrected chi connectivity index (χ4v) is 3.11. The van der Waals surface area contributed by atoms with E-state index in [4.69, 9.17) is 4.74 Å². The van der Waals surface area contributed by atoms with Gasteiger partial charge in [-0.05, 0) is 67.3 Å². The molecule has 0 bridgehead atoms. The van der Waals surface area contributed by atoms with Crippen molar-refractivity contribution in [3.05, 3.63) is 29.3 Å². The van der Waals surface area contributed by atoms with E-state index in [2.05, 4.69) is 30.4 Å². The topological polar surface area (TPSA) is 21.3 Å². The zero-order valence-electron chi connectivity index (χ0n) is 11.4. The summed E-state index contributed by atoms with van der Waals surface area (Å²) in [5.74, 6) is 2.86. The fraction of sp³-hybridized carbons (Fsp3) is 0.625. The van der Waals surface area contributed by atoms with E-state index in [1.807, 2.05) is 0 Å². The molecule has 0 aromatic heterocycles. The monoisotopic (exact) mass is 245 g/mol. The minimum Gasteiger partial charge on any atom is -0.497 e. The summed E-state index contributed by atoms with van der Waals surface area (Å²) >= 11 is 0. The summed E-state index contributed by atoms with van der Waals surface area (Å²) in [5.41, 5.74) is 2.97. The van der Waals surface area contributed by atoms with Crippen molar-refractivity contribution < 1.29 is 4.74 Å². The van der Waals surface area contributed by atoms with Gasteiger partial charge in [-0.3, -0.25) is 0 Å². The molecular formula is C16H23NO. The first-order valence-electron chi connectivity index (χ1n) is 7.18. The van der Waals surface area contributed by atoms with Crippen LogP contribution in [-0.2, 0) is 6.42 Å². The molecule has 1 fully saturated rings. The van der Waals surface area contributed by atoms with Crippen molar-refractivity contribution >= 4 is 0 Å². The molecule has 0 amide bonds. The first-order valence-corrected chi connectivity index (χ1v) is 7.18. The lowest BCUT2D eigenvalue weighted by Gasteiger charge is -2.27. The number of hydrogen-bond donors (Lipinski definition) is 1. The lowest BCUT2D eigenvalue weighted by atomic mass is 9.87. The van der Waals surface area contributed by atoms with Crippen LogP contribution in [-0.4, -0.2) is 13.7 Å². The number of methoxy groups -OCH3 is 1. The van der Waals surface area contributed by atoms with Gasteiger partial charge in [-0.15, -0.1) is 0 Å². The molecule has 0 saturated heterocycles. The summed E-state index contributed by atoms with van der Waals surface area (Å²) in [6, 6.07) is 7.12. The van der Waals surface area contributed by atoms with E-state index < -0.39 is 0 Å². The number of hydrogen-bond acceptors (Lipinski definition) is 2. The van der Waals surface area contributed by atoms with Crippen molar-refractivity contribution in [1.29, 1.82) is 0 Å². The highest BCUT2D eigenvalue weighted by Crippen LogP contribution is 2.38. The van der Waals surface area contributed by atoms with Gasteiger partial charge in [0.15, 0.2) is 0 Å². The van der Waals surface area contributed by atoms with Gasteiger partial charge in [-0.25, -0.2) is 0 Å². The molecule has 1 aromatic carbocycles. The van der Waals surface area contributed by atoms with E-state index in [0.29, 0.717) is 6.04 Å². The molecule has 0 radical (unpaired) electrons. The average molecular weight is 245 g/mol. The number of ether oxygens (including phenoxy) is 1. The maximum atomic E-state index is 5.32. The Hall–Kier alpha value is -1.02. The molecule has 2 aliphatic carbocycles. The van der Waals surface area contributed by atoms with Crippen LogP contribution < -0.4 is 10.1 Å². The highest BCUT2D eigenvalue weighted by molar-refractivity contribution is 5.39. The molecule has 3 unspecified atom stereocenters. The van der Waals surface area contributed by atoms with Crippen LogP contribution in [0.25, 0.3) is 0 Å². The van der Waals surface area contributed by atoms with Crippen LogP contribution in [0.5, 0.6) is 5.75 Å². The summed E-state index contributed by atoms with van der Waals surface area (Å²) < 4.78 is 5.32. The molecule has 2 heteroatoms. The van der Waals surface area contributed by atoms with E-state index in [9.17, 15) is 0 Å². The molecule has 3 atom stereocenters. The Morgan fingerprint density at radius 2 is 2.22 bits per heavy atom. The molecular weight excluding hydrogens is 222 g/mol. The zero-order valence-corrected chi connectivity index (χ0v) is 11.4. The molecule has 0 aliphatic heterocycles. The molecule has 0 spiro atoms. The minimum atomic E-state index is 0.562. The highest BCUT2D eigenvalue weighted by atomic mass is 16.5. The van der Waals surface area contributed by atoms with Crippen molar-refractivity contribution in [1.82, 2.24) is 5.32 Å². The normalized spacial score (nSPS) is 29.8. The third-order valence-electron chi connectivity index (χ3n) is 4.57. The summed E-state index contributed by atoms with van der Waals surface area (Å²) in [4.78, 5) is 0. The predicted octanol–water partition coefficient (Wildman–Crippen LogP) is 3.32. The third-order valence-corrected chi connectivity index (χ3v) is 4.57. The van der Waals surface area contributed by atoms with Crippen LogP contribution in [0.1, 0.15) is 43.4 Å². The summed E-state index contributed by atoms with van der Waals surface area (Å²) in [6.07, 6.45) is 5.18. The number of aryl methyl sites for hydroxylation is 1. The highest BCUT2D eigenvalue weighted by Gasteiger charge is 2.33. The van der Waals surface area contributed by atoms with Crippen LogP contribution in [0.15, 0.2) is 18.2 Å². The number of benzene rings is 1. The standard InChI is InChI=1S/C16H23NO/c1-11-8-13(11)10-17-16-5-3-4-12-9-14(18-2)6-7-15(12)16/h6-7,9,11,13,16-17H,3-5,8,10H2,1-2H3. The Kier molecular flexibility index (Phi) is 3.29. The summed E-state index contributed by atoms with van der Waals surface area (Å²) in [5, 5.41) is 3.77. The van der Waals surface area contributed by atoms with Gasteiger partial charge in [0.05, 0.1) is 7.11 Å². The third kappa shape index (κ3) is 2.39. The van der Waals surface area contributed by atoms with Crippen LogP contribution in [0, 0.1) is 11.8 Å². The number of rotatable bonds is 4. The molecule has 2 aliphatic rings. The maximum absolute atomic E-state index is 5.32. The van der Waals surface area contributed by atoms with Gasteiger partial charge in [0.2, 0.25) is 0 Å². The van der Waals surface area contributed by atoms with E-state index in [1.54, 1.807) is 7.11 Å². The van der Waals surface area contributed by atoms with Gasteiger partial charge in [-0.1, -0.05) is 13.0 Å². The Bertz CT molecular complexity index is 429. The van der Waals surface area contributed by atoms with Crippen molar-refractivity contribution in [3.8, 4) is 5.75 Å². The largest absolute Gasteiger partial charge is 0.497 e. The van der Waals surface area contributed by atoms with E-state index in [0.717, 1.165) is 17.6 Å². The first-order chi connectivity index (χ1) is 8.78. The second-order valence-corrected chi connectivity index (χ2v) is 5.89. The van der Waals surface area contributed by atoms with Gasteiger partial charge in [0.25, 0.3) is 0 Å². The molecule has 98 valence electrons. The summed E-state index contributed by atoms with van der Waals surface area (Å²) in [6.45, 7) is 3.54. The average Bonchev–Trinajstić information content (AvgIpc) is 3.11. The van der Waals surface area contributed by atoms with Crippen LogP contribution in [0.4, 0.5) is 0 Å². The van der Waals surface area contributed by atoms with Gasteiger partial charge in [0, 0.05) is 6.04 Å². The number of fused-ring (bicyclic) bond motifs is 1. The number of nitrogens with one attached hydrogen (secondary N) is 1. The van der Waals surface area contributed by atoms with Gasteiger partial charge >= 0.3 is 0 Å². The molecule has 18 heavy (non-hydrogen) atoms. The fourth-order valence-electron chi connectivity index (χ4n) is 3.11. The summed E-state index contributed by atoms with van der Waals surface area (Å²) in [7, 11) is 1.74. The van der Waals surface area contributed by atoms with Crippen LogP contribution >= 0.6 is 0 Å². The lowest BCUT2D eigenvalue weighted by molar-refractivity contribution is 0.409. The van der Waals surface area contributed by atoms with Gasteiger partial charge in [0.1, 0.15) is 5.75 Å². The van der Waals surface area contributed by atoms with Crippen molar-refractivity contribution in [2.45, 2.75) is 38.6 Å². The zero-order chi connectivity index (χ0) is 12.5.